The lowest BCUT2D eigenvalue weighted by Crippen LogP contribution is -2.30. The number of benzene rings is 1. The number of carbonyl (C=O) groups excluding carboxylic acids is 1. The monoisotopic (exact) mass is 448 g/mol. The van der Waals surface area contributed by atoms with Crippen molar-refractivity contribution in [1.29, 1.82) is 0 Å². The van der Waals surface area contributed by atoms with E-state index in [1.165, 1.54) is 32.1 Å². The van der Waals surface area contributed by atoms with E-state index in [9.17, 15) is 9.00 Å². The number of amides is 1. The summed E-state index contributed by atoms with van der Waals surface area (Å²) in [6.07, 6.45) is 7.73. The molecule has 164 valence electrons. The van der Waals surface area contributed by atoms with Gasteiger partial charge in [0.1, 0.15) is 11.5 Å². The first-order valence-corrected chi connectivity index (χ1v) is 13.3. The molecule has 1 aliphatic carbocycles. The normalized spacial score (nSPS) is 15.8. The number of thioether (sulfide) groups is 1. The van der Waals surface area contributed by atoms with E-state index < -0.39 is 10.8 Å². The van der Waals surface area contributed by atoms with Crippen molar-refractivity contribution >= 4 is 28.5 Å². The van der Waals surface area contributed by atoms with Crippen molar-refractivity contribution in [2.75, 3.05) is 18.1 Å². The van der Waals surface area contributed by atoms with Crippen LogP contribution < -0.4 is 5.32 Å². The van der Waals surface area contributed by atoms with Gasteiger partial charge in [-0.2, -0.15) is 11.8 Å². The lowest BCUT2D eigenvalue weighted by molar-refractivity contribution is -0.118. The predicted molar refractivity (Wildman–Crippen MR) is 125 cm³/mol. The van der Waals surface area contributed by atoms with Crippen LogP contribution in [0.1, 0.15) is 55.5 Å². The Balaban J connectivity index is 1.38. The van der Waals surface area contributed by atoms with Gasteiger partial charge in [-0.3, -0.25) is 9.00 Å². The van der Waals surface area contributed by atoms with Crippen LogP contribution in [-0.4, -0.2) is 38.4 Å². The molecule has 1 unspecified atom stereocenters. The third-order valence-corrected chi connectivity index (χ3v) is 7.94. The summed E-state index contributed by atoms with van der Waals surface area (Å²) in [4.78, 5) is 16.6. The highest BCUT2D eigenvalue weighted by atomic mass is 32.2. The molecule has 7 heteroatoms. The van der Waals surface area contributed by atoms with Crippen LogP contribution in [-0.2, 0) is 21.3 Å². The summed E-state index contributed by atoms with van der Waals surface area (Å²) in [6.45, 7) is 4.49. The maximum Gasteiger partial charge on any atom is 0.232 e. The van der Waals surface area contributed by atoms with E-state index in [-0.39, 0.29) is 17.4 Å². The number of oxazole rings is 1. The number of hydrogen-bond donors (Lipinski definition) is 1. The van der Waals surface area contributed by atoms with Gasteiger partial charge in [0.25, 0.3) is 0 Å². The first-order valence-electron chi connectivity index (χ1n) is 10.8. The van der Waals surface area contributed by atoms with Crippen LogP contribution in [0.4, 0.5) is 0 Å². The lowest BCUT2D eigenvalue weighted by Gasteiger charge is -2.20. The van der Waals surface area contributed by atoms with E-state index in [0.717, 1.165) is 28.6 Å². The topological polar surface area (TPSA) is 72.2 Å². The predicted octanol–water partition coefficient (Wildman–Crippen LogP) is 4.78. The van der Waals surface area contributed by atoms with Crippen LogP contribution in [0, 0.1) is 13.8 Å². The summed E-state index contributed by atoms with van der Waals surface area (Å²) in [5, 5.41) is 3.70. The molecule has 1 saturated carbocycles. The Bertz CT molecular complexity index is 860. The average Bonchev–Trinajstić information content (AvgIpc) is 3.08. The second kappa shape index (κ2) is 11.7. The van der Waals surface area contributed by atoms with Crippen molar-refractivity contribution < 1.29 is 13.4 Å². The van der Waals surface area contributed by atoms with E-state index in [1.807, 2.05) is 49.9 Å². The number of aromatic nitrogens is 1. The molecule has 0 spiro atoms. The molecule has 0 aliphatic heterocycles. The fourth-order valence-corrected chi connectivity index (χ4v) is 6.03. The molecule has 1 amide bonds. The van der Waals surface area contributed by atoms with Crippen LogP contribution in [0.3, 0.4) is 0 Å². The van der Waals surface area contributed by atoms with Crippen molar-refractivity contribution in [2.24, 2.45) is 0 Å². The number of hydrogen-bond acceptors (Lipinski definition) is 5. The minimum Gasteiger partial charge on any atom is -0.441 e. The fraction of sp³-hybridized carbons (Fsp3) is 0.565. The van der Waals surface area contributed by atoms with E-state index >= 15 is 0 Å². The van der Waals surface area contributed by atoms with E-state index in [2.05, 4.69) is 10.3 Å². The number of nitrogens with zero attached hydrogens (tertiary/aromatic N) is 1. The maximum atomic E-state index is 12.4. The molecule has 0 radical (unpaired) electrons. The minimum atomic E-state index is -1.31. The zero-order valence-electron chi connectivity index (χ0n) is 17.9. The second-order valence-electron chi connectivity index (χ2n) is 7.95. The molecular weight excluding hydrogens is 416 g/mol. The van der Waals surface area contributed by atoms with Crippen LogP contribution >= 0.6 is 11.8 Å². The van der Waals surface area contributed by atoms with Gasteiger partial charge in [0.15, 0.2) is 0 Å². The van der Waals surface area contributed by atoms with Gasteiger partial charge in [-0.1, -0.05) is 37.0 Å². The highest BCUT2D eigenvalue weighted by molar-refractivity contribution is 7.99. The summed E-state index contributed by atoms with van der Waals surface area (Å²) in [5.74, 6) is 2.33. The van der Waals surface area contributed by atoms with Gasteiger partial charge in [0, 0.05) is 28.2 Å². The van der Waals surface area contributed by atoms with E-state index in [0.29, 0.717) is 23.9 Å². The molecule has 3 rings (SSSR count). The second-order valence-corrected chi connectivity index (χ2v) is 10.8. The van der Waals surface area contributed by atoms with Crippen molar-refractivity contribution in [3.63, 3.8) is 0 Å². The SMILES string of the molecule is Cc1cccc(-c2nc(CS(=O)CC(=O)NCCCSC3CCCCC3)c(C)o2)c1. The Morgan fingerprint density at radius 3 is 2.83 bits per heavy atom. The lowest BCUT2D eigenvalue weighted by atomic mass is 10.0. The van der Waals surface area contributed by atoms with Crippen LogP contribution in [0.15, 0.2) is 28.7 Å². The van der Waals surface area contributed by atoms with Crippen molar-refractivity contribution in [3.8, 4) is 11.5 Å². The van der Waals surface area contributed by atoms with E-state index in [4.69, 9.17) is 4.42 Å². The fourth-order valence-electron chi connectivity index (χ4n) is 3.65. The molecule has 1 heterocycles. The van der Waals surface area contributed by atoms with Crippen LogP contribution in [0.25, 0.3) is 11.5 Å². The molecule has 1 atom stereocenters. The summed E-state index contributed by atoms with van der Waals surface area (Å²) in [6, 6.07) is 7.92. The van der Waals surface area contributed by atoms with Gasteiger partial charge in [-0.05, 0) is 51.0 Å². The van der Waals surface area contributed by atoms with Crippen molar-refractivity contribution in [1.82, 2.24) is 10.3 Å². The van der Waals surface area contributed by atoms with Crippen LogP contribution in [0.2, 0.25) is 0 Å². The van der Waals surface area contributed by atoms with Gasteiger partial charge in [0.05, 0.1) is 11.4 Å². The molecule has 1 aliphatic rings. The first-order chi connectivity index (χ1) is 14.5. The Morgan fingerprint density at radius 2 is 2.07 bits per heavy atom. The van der Waals surface area contributed by atoms with Gasteiger partial charge in [-0.15, -0.1) is 0 Å². The third-order valence-electron chi connectivity index (χ3n) is 5.30. The van der Waals surface area contributed by atoms with Crippen LogP contribution in [0.5, 0.6) is 0 Å². The molecule has 0 bridgehead atoms. The Kier molecular flexibility index (Phi) is 9.00. The standard InChI is InChI=1S/C23H32N2O3S2/c1-17-8-6-9-19(14-17)23-25-21(18(2)28-23)15-30(27)16-22(26)24-12-7-13-29-20-10-4-3-5-11-20/h6,8-9,14,20H,3-5,7,10-13,15-16H2,1-2H3,(H,24,26). The summed E-state index contributed by atoms with van der Waals surface area (Å²) in [5.41, 5.74) is 2.68. The molecule has 30 heavy (non-hydrogen) atoms. The number of aryl methyl sites for hydroxylation is 2. The summed E-state index contributed by atoms with van der Waals surface area (Å²) >= 11 is 2.04. The van der Waals surface area contributed by atoms with Gasteiger partial charge in [0.2, 0.25) is 11.8 Å². The summed E-state index contributed by atoms with van der Waals surface area (Å²) < 4.78 is 18.2. The first kappa shape index (κ1) is 23.1. The largest absolute Gasteiger partial charge is 0.441 e. The molecule has 1 aromatic heterocycles. The highest BCUT2D eigenvalue weighted by Gasteiger charge is 2.16. The minimum absolute atomic E-state index is 0.00183. The highest BCUT2D eigenvalue weighted by Crippen LogP contribution is 2.28. The van der Waals surface area contributed by atoms with Gasteiger partial charge >= 0.3 is 0 Å². The average molecular weight is 449 g/mol. The number of carbonyl (C=O) groups is 1. The molecular formula is C23H32N2O3S2. The van der Waals surface area contributed by atoms with Crippen molar-refractivity contribution in [2.45, 2.75) is 63.4 Å². The molecule has 1 N–H and O–H groups in total. The smallest absolute Gasteiger partial charge is 0.232 e. The van der Waals surface area contributed by atoms with Crippen molar-refractivity contribution in [3.05, 3.63) is 41.3 Å². The Hall–Kier alpha value is -1.60. The summed E-state index contributed by atoms with van der Waals surface area (Å²) in [7, 11) is -1.31. The molecule has 2 aromatic rings. The number of rotatable bonds is 10. The molecule has 5 nitrogen and oxygen atoms in total. The molecule has 1 aromatic carbocycles. The zero-order valence-corrected chi connectivity index (χ0v) is 19.6. The third kappa shape index (κ3) is 7.27. The van der Waals surface area contributed by atoms with E-state index in [1.54, 1.807) is 0 Å². The zero-order chi connectivity index (χ0) is 21.3. The van der Waals surface area contributed by atoms with Gasteiger partial charge < -0.3 is 9.73 Å². The molecule has 0 saturated heterocycles. The quantitative estimate of drug-likeness (QED) is 0.530. The Labute approximate surface area is 186 Å². The number of nitrogens with one attached hydrogen (secondary N) is 1. The molecule has 1 fully saturated rings. The van der Waals surface area contributed by atoms with Gasteiger partial charge in [-0.25, -0.2) is 4.98 Å². The maximum absolute atomic E-state index is 12.4. The Morgan fingerprint density at radius 1 is 1.27 bits per heavy atom.